The number of unbranched alkanes of at least 4 members (excludes halogenated alkanes) is 1. The maximum absolute atomic E-state index is 16.0. The third-order valence-corrected chi connectivity index (χ3v) is 8.60. The summed E-state index contributed by atoms with van der Waals surface area (Å²) in [5, 5.41) is 13.8. The monoisotopic (exact) mass is 630 g/mol. The van der Waals surface area contributed by atoms with Gasteiger partial charge in [0.15, 0.2) is 11.5 Å². The lowest BCUT2D eigenvalue weighted by Crippen LogP contribution is -2.52. The highest BCUT2D eigenvalue weighted by Crippen LogP contribution is 2.36. The number of carbonyl (C=O) groups excluding carboxylic acids is 1. The van der Waals surface area contributed by atoms with Crippen LogP contribution in [0.25, 0.3) is 28.0 Å². The fourth-order valence-corrected chi connectivity index (χ4v) is 6.18. The molecule has 1 atom stereocenters. The largest absolute Gasteiger partial charge is 0.507 e. The van der Waals surface area contributed by atoms with Gasteiger partial charge in [0, 0.05) is 45.2 Å². The minimum atomic E-state index is -0.865. The van der Waals surface area contributed by atoms with Gasteiger partial charge in [0.1, 0.15) is 23.1 Å². The molecule has 0 spiro atoms. The van der Waals surface area contributed by atoms with Crippen LogP contribution in [0.2, 0.25) is 0 Å². The van der Waals surface area contributed by atoms with Gasteiger partial charge in [-0.1, -0.05) is 37.6 Å². The van der Waals surface area contributed by atoms with Crippen LogP contribution in [-0.2, 0) is 11.3 Å². The molecule has 1 fully saturated rings. The Labute approximate surface area is 267 Å². The smallest absolute Gasteiger partial charge is 0.355 e. The number of pyridine rings is 1. The van der Waals surface area contributed by atoms with E-state index in [1.54, 1.807) is 0 Å². The predicted octanol–water partition coefficient (Wildman–Crippen LogP) is 5.55. The van der Waals surface area contributed by atoms with Crippen molar-refractivity contribution in [3.05, 3.63) is 87.9 Å². The van der Waals surface area contributed by atoms with E-state index in [2.05, 4.69) is 26.8 Å². The highest BCUT2D eigenvalue weighted by molar-refractivity contribution is 5.91. The molecule has 1 amide bonds. The van der Waals surface area contributed by atoms with Crippen LogP contribution in [0.3, 0.4) is 0 Å². The molecule has 0 bridgehead atoms. The number of phenols is 1. The quantitative estimate of drug-likeness (QED) is 0.222. The Morgan fingerprint density at radius 3 is 2.63 bits per heavy atom. The molecule has 0 radical (unpaired) electrons. The molecule has 1 aliphatic heterocycles. The van der Waals surface area contributed by atoms with Crippen LogP contribution >= 0.6 is 0 Å². The number of amides is 1. The summed E-state index contributed by atoms with van der Waals surface area (Å²) in [6.45, 7) is 14.4. The molecule has 9 nitrogen and oxygen atoms in total. The van der Waals surface area contributed by atoms with Gasteiger partial charge in [-0.25, -0.2) is 23.1 Å². The van der Waals surface area contributed by atoms with Gasteiger partial charge in [-0.05, 0) is 62.1 Å². The van der Waals surface area contributed by atoms with Crippen molar-refractivity contribution < 1.29 is 18.7 Å². The van der Waals surface area contributed by atoms with Gasteiger partial charge >= 0.3 is 5.69 Å². The summed E-state index contributed by atoms with van der Waals surface area (Å²) in [6, 6.07) is 8.57. The topological polar surface area (TPSA) is 104 Å². The molecular formula is C35H40F2N6O3. The molecule has 4 aromatic rings. The van der Waals surface area contributed by atoms with Gasteiger partial charge in [0.05, 0.1) is 16.6 Å². The summed E-state index contributed by atoms with van der Waals surface area (Å²) < 4.78 is 32.3. The Hall–Kier alpha value is -4.64. The number of fused-ring (bicyclic) bond motifs is 1. The molecule has 2 aromatic heterocycles. The Kier molecular flexibility index (Phi) is 9.81. The standard InChI is InChI=1S/C35H40F2N6O3/c1-6-8-12-29(45)38-19-24-14-13-21(3)32(23(24)5)43-34-25(18-27(37)31(39-34)30-26(36)10-9-11-28(30)44)33(40-35(43)46)42-17-16-41(15-7-2)20-22(42)4/h7,9-11,13-14,18,22,44H,2,6,8,12,15-17,19-20H2,1,3-5H3,(H,38,45)/t22-/m0/s1. The number of nitrogens with one attached hydrogen (secondary N) is 1. The fourth-order valence-electron chi connectivity index (χ4n) is 6.18. The predicted molar refractivity (Wildman–Crippen MR) is 176 cm³/mol. The molecule has 46 heavy (non-hydrogen) atoms. The zero-order chi connectivity index (χ0) is 33.1. The van der Waals surface area contributed by atoms with Crippen molar-refractivity contribution in [3.8, 4) is 22.7 Å². The second-order valence-corrected chi connectivity index (χ2v) is 11.9. The average Bonchev–Trinajstić information content (AvgIpc) is 3.01. The Morgan fingerprint density at radius 2 is 1.93 bits per heavy atom. The molecule has 242 valence electrons. The molecule has 0 unspecified atom stereocenters. The lowest BCUT2D eigenvalue weighted by atomic mass is 10.0. The number of carbonyl (C=O) groups is 1. The van der Waals surface area contributed by atoms with Gasteiger partial charge in [-0.15, -0.1) is 6.58 Å². The van der Waals surface area contributed by atoms with E-state index >= 15 is 8.78 Å². The normalized spacial score (nSPS) is 15.3. The SMILES string of the molecule is C=CCN1CCN(c2nc(=O)n(-c3c(C)ccc(CNC(=O)CCCC)c3C)c3nc(-c4c(O)cccc4F)c(F)cc23)[C@@H](C)C1. The number of aryl methyl sites for hydroxylation is 1. The van der Waals surface area contributed by atoms with Crippen LogP contribution in [-0.4, -0.2) is 62.7 Å². The number of rotatable bonds is 10. The number of hydrogen-bond donors (Lipinski definition) is 2. The summed E-state index contributed by atoms with van der Waals surface area (Å²) in [6.07, 6.45) is 3.95. The highest BCUT2D eigenvalue weighted by atomic mass is 19.1. The molecule has 0 saturated carbocycles. The van der Waals surface area contributed by atoms with Crippen LogP contribution < -0.4 is 15.9 Å². The molecular weight excluding hydrogens is 590 g/mol. The van der Waals surface area contributed by atoms with Gasteiger partial charge in [-0.2, -0.15) is 4.98 Å². The van der Waals surface area contributed by atoms with Crippen molar-refractivity contribution in [3.63, 3.8) is 0 Å². The number of aromatic hydroxyl groups is 1. The number of halogens is 2. The lowest BCUT2D eigenvalue weighted by Gasteiger charge is -2.40. The Morgan fingerprint density at radius 1 is 1.15 bits per heavy atom. The molecule has 0 aliphatic carbocycles. The van der Waals surface area contributed by atoms with Crippen LogP contribution in [0.4, 0.5) is 14.6 Å². The lowest BCUT2D eigenvalue weighted by molar-refractivity contribution is -0.121. The van der Waals surface area contributed by atoms with Crippen LogP contribution in [0.5, 0.6) is 5.75 Å². The number of nitrogens with zero attached hydrogens (tertiary/aromatic N) is 5. The average molecular weight is 631 g/mol. The molecule has 2 N–H and O–H groups in total. The van der Waals surface area contributed by atoms with Gasteiger partial charge < -0.3 is 15.3 Å². The van der Waals surface area contributed by atoms with Gasteiger partial charge in [0.2, 0.25) is 5.91 Å². The van der Waals surface area contributed by atoms with E-state index < -0.39 is 34.3 Å². The zero-order valence-corrected chi connectivity index (χ0v) is 26.7. The number of benzene rings is 2. The van der Waals surface area contributed by atoms with E-state index in [0.29, 0.717) is 43.9 Å². The van der Waals surface area contributed by atoms with Crippen LogP contribution in [0, 0.1) is 25.5 Å². The third kappa shape index (κ3) is 6.37. The van der Waals surface area contributed by atoms with Crippen molar-refractivity contribution in [1.82, 2.24) is 24.8 Å². The summed E-state index contributed by atoms with van der Waals surface area (Å²) in [5.41, 5.74) is 1.32. The number of piperazine rings is 1. The second kappa shape index (κ2) is 13.8. The minimum Gasteiger partial charge on any atom is -0.507 e. The van der Waals surface area contributed by atoms with E-state index in [9.17, 15) is 14.7 Å². The Balaban J connectivity index is 1.74. The first kappa shape index (κ1) is 32.7. The molecule has 1 saturated heterocycles. The van der Waals surface area contributed by atoms with Crippen molar-refractivity contribution in [2.24, 2.45) is 0 Å². The summed E-state index contributed by atoms with van der Waals surface area (Å²) in [7, 11) is 0. The van der Waals surface area contributed by atoms with Crippen LogP contribution in [0.15, 0.2) is 53.8 Å². The van der Waals surface area contributed by atoms with Gasteiger partial charge in [0.25, 0.3) is 0 Å². The molecule has 3 heterocycles. The number of aromatic nitrogens is 3. The maximum atomic E-state index is 16.0. The fraction of sp³-hybridized carbons (Fsp3) is 0.371. The van der Waals surface area contributed by atoms with Crippen molar-refractivity contribution >= 4 is 22.8 Å². The minimum absolute atomic E-state index is 0.0641. The van der Waals surface area contributed by atoms with E-state index in [4.69, 9.17) is 0 Å². The zero-order valence-electron chi connectivity index (χ0n) is 26.7. The van der Waals surface area contributed by atoms with Crippen molar-refractivity contribution in [1.29, 1.82) is 0 Å². The maximum Gasteiger partial charge on any atom is 0.355 e. The second-order valence-electron chi connectivity index (χ2n) is 11.9. The Bertz CT molecular complexity index is 1840. The van der Waals surface area contributed by atoms with E-state index in [1.165, 1.54) is 22.8 Å². The van der Waals surface area contributed by atoms with E-state index in [0.717, 1.165) is 30.0 Å². The first-order valence-electron chi connectivity index (χ1n) is 15.6. The number of anilines is 1. The van der Waals surface area contributed by atoms with Crippen molar-refractivity contribution in [2.45, 2.75) is 59.5 Å². The summed E-state index contributed by atoms with van der Waals surface area (Å²) >= 11 is 0. The van der Waals surface area contributed by atoms with E-state index in [-0.39, 0.29) is 35.3 Å². The number of hydrogen-bond acceptors (Lipinski definition) is 7. The summed E-state index contributed by atoms with van der Waals surface area (Å²) in [4.78, 5) is 39.8. The molecule has 11 heteroatoms. The first-order chi connectivity index (χ1) is 22.0. The van der Waals surface area contributed by atoms with E-state index in [1.807, 2.05) is 50.8 Å². The molecule has 5 rings (SSSR count). The highest BCUT2D eigenvalue weighted by Gasteiger charge is 2.29. The third-order valence-electron chi connectivity index (χ3n) is 8.60. The van der Waals surface area contributed by atoms with Crippen LogP contribution in [0.1, 0.15) is 49.8 Å². The van der Waals surface area contributed by atoms with Gasteiger partial charge in [-0.3, -0.25) is 9.69 Å². The molecule has 2 aromatic carbocycles. The number of phenolic OH excluding ortho intramolecular Hbond substituents is 1. The summed E-state index contributed by atoms with van der Waals surface area (Å²) in [5.74, 6) is -1.97. The van der Waals surface area contributed by atoms with Crippen molar-refractivity contribution in [2.75, 3.05) is 31.1 Å². The molecule has 1 aliphatic rings. The first-order valence-corrected chi connectivity index (χ1v) is 15.6.